The number of hydrogen-bond acceptors (Lipinski definition) is 4. The van der Waals surface area contributed by atoms with E-state index in [0.29, 0.717) is 11.3 Å². The van der Waals surface area contributed by atoms with Gasteiger partial charge in [0, 0.05) is 29.8 Å². The summed E-state index contributed by atoms with van der Waals surface area (Å²) in [6.45, 7) is 0. The first-order chi connectivity index (χ1) is 8.56. The molecule has 2 rings (SSSR count). The van der Waals surface area contributed by atoms with Gasteiger partial charge in [0.2, 0.25) is 0 Å². The maximum absolute atomic E-state index is 11.2. The number of para-hydroxylation sites is 1. The maximum Gasteiger partial charge on any atom is 0.272 e. The maximum atomic E-state index is 11.2. The topological polar surface area (TPSA) is 91.8 Å². The van der Waals surface area contributed by atoms with E-state index in [1.54, 1.807) is 18.2 Å². The van der Waals surface area contributed by atoms with E-state index in [1.165, 1.54) is 12.1 Å². The minimum atomic E-state index is -0.447. The number of H-pyrrole nitrogens is 2. The van der Waals surface area contributed by atoms with Gasteiger partial charge in [-0.2, -0.15) is 0 Å². The SMILES string of the molecule is O=c1cc(Cc2ccccc2[N+](=O)[O-])[nH]c(=S)[nH]1. The molecule has 18 heavy (non-hydrogen) atoms. The molecule has 0 fully saturated rings. The van der Waals surface area contributed by atoms with Crippen molar-refractivity contribution >= 4 is 17.9 Å². The third kappa shape index (κ3) is 2.69. The molecule has 1 aromatic heterocycles. The standard InChI is InChI=1S/C11H9N3O3S/c15-10-6-8(12-11(18)13-10)5-7-3-1-2-4-9(7)14(16)17/h1-4,6H,5H2,(H2,12,13,15,18). The zero-order chi connectivity index (χ0) is 13.1. The first-order valence-corrected chi connectivity index (χ1v) is 5.52. The van der Waals surface area contributed by atoms with Crippen molar-refractivity contribution in [3.63, 3.8) is 0 Å². The zero-order valence-corrected chi connectivity index (χ0v) is 9.99. The molecule has 0 atom stereocenters. The van der Waals surface area contributed by atoms with Gasteiger partial charge in [-0.15, -0.1) is 0 Å². The number of nitro groups is 1. The van der Waals surface area contributed by atoms with Crippen LogP contribution in [0.5, 0.6) is 0 Å². The third-order valence-corrected chi connectivity index (χ3v) is 2.59. The Labute approximate surface area is 106 Å². The summed E-state index contributed by atoms with van der Waals surface area (Å²) in [7, 11) is 0. The quantitative estimate of drug-likeness (QED) is 0.503. The summed E-state index contributed by atoms with van der Waals surface area (Å²) in [5.41, 5.74) is 0.765. The Hall–Kier alpha value is -2.28. The van der Waals surface area contributed by atoms with Gasteiger partial charge in [0.25, 0.3) is 11.2 Å². The molecule has 6 nitrogen and oxygen atoms in total. The summed E-state index contributed by atoms with van der Waals surface area (Å²) < 4.78 is 0.205. The van der Waals surface area contributed by atoms with E-state index in [0.717, 1.165) is 0 Å². The van der Waals surface area contributed by atoms with Gasteiger partial charge in [-0.1, -0.05) is 18.2 Å². The molecule has 0 aliphatic heterocycles. The number of nitrogens with one attached hydrogen (secondary N) is 2. The Bertz CT molecular complexity index is 677. The van der Waals surface area contributed by atoms with Crippen LogP contribution in [0.15, 0.2) is 35.1 Å². The summed E-state index contributed by atoms with van der Waals surface area (Å²) in [6.07, 6.45) is 0.255. The summed E-state index contributed by atoms with van der Waals surface area (Å²) in [5, 5.41) is 10.9. The van der Waals surface area contributed by atoms with Crippen LogP contribution in [0.3, 0.4) is 0 Å². The molecule has 0 saturated carbocycles. The Morgan fingerprint density at radius 2 is 2.00 bits per heavy atom. The average Bonchev–Trinajstić information content (AvgIpc) is 2.27. The van der Waals surface area contributed by atoms with Crippen LogP contribution in [0.25, 0.3) is 0 Å². The molecule has 7 heteroatoms. The number of rotatable bonds is 3. The van der Waals surface area contributed by atoms with Crippen molar-refractivity contribution in [2.45, 2.75) is 6.42 Å². The molecule has 0 bridgehead atoms. The van der Waals surface area contributed by atoms with Gasteiger partial charge in [-0.25, -0.2) is 0 Å². The number of nitro benzene ring substituents is 1. The fraction of sp³-hybridized carbons (Fsp3) is 0.0909. The minimum absolute atomic E-state index is 0.0251. The Morgan fingerprint density at radius 3 is 2.67 bits per heavy atom. The molecular weight excluding hydrogens is 254 g/mol. The summed E-state index contributed by atoms with van der Waals surface area (Å²) in [6, 6.07) is 7.73. The second kappa shape index (κ2) is 4.92. The molecule has 1 aromatic carbocycles. The van der Waals surface area contributed by atoms with Crippen molar-refractivity contribution in [2.75, 3.05) is 0 Å². The van der Waals surface area contributed by atoms with E-state index < -0.39 is 4.92 Å². The predicted octanol–water partition coefficient (Wildman–Crippen LogP) is 1.93. The van der Waals surface area contributed by atoms with Gasteiger partial charge in [0.05, 0.1) is 4.92 Å². The van der Waals surface area contributed by atoms with Gasteiger partial charge >= 0.3 is 0 Å². The van der Waals surface area contributed by atoms with E-state index in [9.17, 15) is 14.9 Å². The van der Waals surface area contributed by atoms with Gasteiger partial charge in [-0.05, 0) is 12.2 Å². The number of aromatic amines is 2. The Balaban J connectivity index is 2.43. The molecule has 2 N–H and O–H groups in total. The van der Waals surface area contributed by atoms with Crippen LogP contribution in [0.2, 0.25) is 0 Å². The van der Waals surface area contributed by atoms with Gasteiger partial charge < -0.3 is 4.98 Å². The first-order valence-electron chi connectivity index (χ1n) is 5.11. The molecule has 0 spiro atoms. The van der Waals surface area contributed by atoms with Crippen molar-refractivity contribution in [2.24, 2.45) is 0 Å². The van der Waals surface area contributed by atoms with Crippen molar-refractivity contribution in [3.8, 4) is 0 Å². The van der Waals surface area contributed by atoms with E-state index in [4.69, 9.17) is 12.2 Å². The van der Waals surface area contributed by atoms with E-state index in [2.05, 4.69) is 9.97 Å². The fourth-order valence-corrected chi connectivity index (χ4v) is 1.89. The highest BCUT2D eigenvalue weighted by Gasteiger charge is 2.12. The second-order valence-corrected chi connectivity index (χ2v) is 4.08. The molecule has 0 aliphatic rings. The average molecular weight is 263 g/mol. The van der Waals surface area contributed by atoms with Crippen molar-refractivity contribution in [1.82, 2.24) is 9.97 Å². The number of aromatic nitrogens is 2. The van der Waals surface area contributed by atoms with Crippen LogP contribution in [0.1, 0.15) is 11.3 Å². The second-order valence-electron chi connectivity index (χ2n) is 3.68. The predicted molar refractivity (Wildman–Crippen MR) is 68.1 cm³/mol. The Kier molecular flexibility index (Phi) is 3.33. The van der Waals surface area contributed by atoms with Crippen LogP contribution < -0.4 is 5.56 Å². The normalized spacial score (nSPS) is 10.2. The van der Waals surface area contributed by atoms with Crippen LogP contribution in [-0.2, 0) is 6.42 Å². The zero-order valence-electron chi connectivity index (χ0n) is 9.17. The molecule has 1 heterocycles. The fourth-order valence-electron chi connectivity index (χ4n) is 1.66. The monoisotopic (exact) mass is 263 g/mol. The van der Waals surface area contributed by atoms with Crippen molar-refractivity contribution in [1.29, 1.82) is 0 Å². The smallest absolute Gasteiger partial charge is 0.272 e. The molecule has 0 saturated heterocycles. The van der Waals surface area contributed by atoms with Crippen LogP contribution in [-0.4, -0.2) is 14.9 Å². The van der Waals surface area contributed by atoms with Gasteiger partial charge in [0.15, 0.2) is 4.77 Å². The minimum Gasteiger partial charge on any atom is -0.336 e. The number of hydrogen-bond donors (Lipinski definition) is 2. The molecule has 2 aromatic rings. The summed E-state index contributed by atoms with van der Waals surface area (Å²) >= 11 is 4.84. The molecule has 0 aliphatic carbocycles. The lowest BCUT2D eigenvalue weighted by molar-refractivity contribution is -0.385. The van der Waals surface area contributed by atoms with E-state index >= 15 is 0 Å². The molecular formula is C11H9N3O3S. The van der Waals surface area contributed by atoms with E-state index in [1.807, 2.05) is 0 Å². The Morgan fingerprint density at radius 1 is 1.28 bits per heavy atom. The highest BCUT2D eigenvalue weighted by Crippen LogP contribution is 2.19. The van der Waals surface area contributed by atoms with Crippen molar-refractivity contribution < 1.29 is 4.92 Å². The first kappa shape index (κ1) is 12.2. The summed E-state index contributed by atoms with van der Waals surface area (Å²) in [5.74, 6) is 0. The lowest BCUT2D eigenvalue weighted by Gasteiger charge is -2.02. The lowest BCUT2D eigenvalue weighted by atomic mass is 10.1. The van der Waals surface area contributed by atoms with Gasteiger partial charge in [-0.3, -0.25) is 19.9 Å². The van der Waals surface area contributed by atoms with Crippen LogP contribution in [0, 0.1) is 14.9 Å². The van der Waals surface area contributed by atoms with E-state index in [-0.39, 0.29) is 22.4 Å². The lowest BCUT2D eigenvalue weighted by Crippen LogP contribution is -2.09. The summed E-state index contributed by atoms with van der Waals surface area (Å²) in [4.78, 5) is 26.9. The molecule has 92 valence electrons. The molecule has 0 amide bonds. The highest BCUT2D eigenvalue weighted by molar-refractivity contribution is 7.71. The van der Waals surface area contributed by atoms with Crippen LogP contribution in [0.4, 0.5) is 5.69 Å². The molecule has 0 radical (unpaired) electrons. The number of nitrogens with zero attached hydrogens (tertiary/aromatic N) is 1. The van der Waals surface area contributed by atoms with Gasteiger partial charge in [0.1, 0.15) is 0 Å². The number of benzene rings is 1. The largest absolute Gasteiger partial charge is 0.336 e. The third-order valence-electron chi connectivity index (χ3n) is 2.39. The molecule has 0 unspecified atom stereocenters. The van der Waals surface area contributed by atoms with Crippen molar-refractivity contribution in [3.05, 3.63) is 66.8 Å². The highest BCUT2D eigenvalue weighted by atomic mass is 32.1. The van der Waals surface area contributed by atoms with Crippen LogP contribution >= 0.6 is 12.2 Å².